The Bertz CT molecular complexity index is 972. The lowest BCUT2D eigenvalue weighted by Gasteiger charge is -2.15. The second-order valence-electron chi connectivity index (χ2n) is 5.03. The number of fused-ring (bicyclic) bond motifs is 1. The van der Waals surface area contributed by atoms with Crippen molar-refractivity contribution in [3.63, 3.8) is 0 Å². The molecular weight excluding hydrogens is 377 g/mol. The third kappa shape index (κ3) is 2.99. The summed E-state index contributed by atoms with van der Waals surface area (Å²) in [5.74, 6) is -3.01. The first-order valence-corrected chi connectivity index (χ1v) is 7.69. The molecule has 25 heavy (non-hydrogen) atoms. The maximum atomic E-state index is 14.4. The van der Waals surface area contributed by atoms with E-state index in [1.54, 1.807) is 0 Å². The maximum absolute atomic E-state index is 14.4. The van der Waals surface area contributed by atoms with Crippen LogP contribution >= 0.6 is 23.8 Å². The van der Waals surface area contributed by atoms with E-state index in [-0.39, 0.29) is 34.5 Å². The molecule has 0 saturated heterocycles. The van der Waals surface area contributed by atoms with Gasteiger partial charge in [0.05, 0.1) is 23.9 Å². The molecular formula is C14H11ClFN3O5S. The van der Waals surface area contributed by atoms with Crippen LogP contribution in [-0.4, -0.2) is 31.6 Å². The van der Waals surface area contributed by atoms with Gasteiger partial charge in [-0.2, -0.15) is 0 Å². The van der Waals surface area contributed by atoms with Crippen LogP contribution < -0.4 is 10.4 Å². The average molecular weight is 388 g/mol. The third-order valence-electron chi connectivity index (χ3n) is 3.49. The van der Waals surface area contributed by atoms with Crippen LogP contribution in [0.5, 0.6) is 5.75 Å². The Morgan fingerprint density at radius 1 is 1.44 bits per heavy atom. The van der Waals surface area contributed by atoms with Gasteiger partial charge in [0.15, 0.2) is 0 Å². The van der Waals surface area contributed by atoms with Crippen molar-refractivity contribution in [1.29, 1.82) is 0 Å². The van der Waals surface area contributed by atoms with E-state index in [1.165, 1.54) is 9.36 Å². The Kier molecular flexibility index (Phi) is 4.50. The highest BCUT2D eigenvalue weighted by Gasteiger charge is 2.22. The summed E-state index contributed by atoms with van der Waals surface area (Å²) in [7, 11) is 0. The Morgan fingerprint density at radius 3 is 2.80 bits per heavy atom. The molecule has 1 aromatic carbocycles. The summed E-state index contributed by atoms with van der Waals surface area (Å²) in [6.45, 7) is 3.88. The zero-order valence-electron chi connectivity index (χ0n) is 12.6. The number of carboxylic acids is 1. The van der Waals surface area contributed by atoms with E-state index >= 15 is 0 Å². The zero-order valence-corrected chi connectivity index (χ0v) is 14.1. The van der Waals surface area contributed by atoms with Crippen LogP contribution in [0.4, 0.5) is 4.39 Å². The van der Waals surface area contributed by atoms with Crippen molar-refractivity contribution in [2.75, 3.05) is 6.61 Å². The zero-order chi connectivity index (χ0) is 18.3. The minimum absolute atomic E-state index is 0.0222. The summed E-state index contributed by atoms with van der Waals surface area (Å²) in [5, 5.41) is 8.66. The van der Waals surface area contributed by atoms with Crippen LogP contribution in [0.15, 0.2) is 29.3 Å². The molecule has 0 fully saturated rings. The number of aliphatic carboxylic acids is 1. The molecule has 8 nitrogen and oxygen atoms in total. The third-order valence-corrected chi connectivity index (χ3v) is 4.18. The van der Waals surface area contributed by atoms with Crippen LogP contribution in [0.1, 0.15) is 0 Å². The molecule has 2 heterocycles. The fraction of sp³-hybridized carbons (Fsp3) is 0.214. The van der Waals surface area contributed by atoms with E-state index < -0.39 is 23.2 Å². The van der Waals surface area contributed by atoms with Gasteiger partial charge in [-0.05, 0) is 24.9 Å². The number of ether oxygens (including phenoxy) is 2. The quantitative estimate of drug-likeness (QED) is 0.490. The number of carbonyl (C=O) groups is 1. The molecule has 1 aliphatic heterocycles. The van der Waals surface area contributed by atoms with E-state index in [9.17, 15) is 14.0 Å². The molecule has 1 N–H and O–H groups in total. The number of benzene rings is 1. The van der Waals surface area contributed by atoms with Crippen molar-refractivity contribution >= 4 is 29.8 Å². The van der Waals surface area contributed by atoms with Gasteiger partial charge in [-0.1, -0.05) is 11.6 Å². The highest BCUT2D eigenvalue weighted by atomic mass is 35.5. The number of nitrogens with zero attached hydrogens (tertiary/aromatic N) is 3. The lowest BCUT2D eigenvalue weighted by Crippen LogP contribution is -2.32. The molecule has 1 aromatic heterocycles. The average Bonchev–Trinajstić information content (AvgIpc) is 2.82. The minimum Gasteiger partial charge on any atom is -0.475 e. The van der Waals surface area contributed by atoms with Gasteiger partial charge in [0.1, 0.15) is 18.3 Å². The maximum Gasteiger partial charge on any atom is 0.371 e. The first kappa shape index (κ1) is 17.4. The molecule has 11 heteroatoms. The lowest BCUT2D eigenvalue weighted by atomic mass is 10.2. The number of halogens is 2. The summed E-state index contributed by atoms with van der Waals surface area (Å²) in [4.78, 5) is 23.4. The van der Waals surface area contributed by atoms with Crippen molar-refractivity contribution in [3.05, 3.63) is 50.6 Å². The predicted octanol–water partition coefficient (Wildman–Crippen LogP) is 1.93. The van der Waals surface area contributed by atoms with Gasteiger partial charge in [-0.15, -0.1) is 0 Å². The van der Waals surface area contributed by atoms with Crippen molar-refractivity contribution in [2.24, 2.45) is 0 Å². The highest BCUT2D eigenvalue weighted by molar-refractivity contribution is 7.71. The second-order valence-corrected chi connectivity index (χ2v) is 5.80. The van der Waals surface area contributed by atoms with Gasteiger partial charge in [0.25, 0.3) is 0 Å². The summed E-state index contributed by atoms with van der Waals surface area (Å²) in [5.41, 5.74) is -0.778. The minimum atomic E-state index is -1.41. The van der Waals surface area contributed by atoms with Gasteiger partial charge in [0.2, 0.25) is 10.5 Å². The summed E-state index contributed by atoms with van der Waals surface area (Å²) in [6, 6.07) is 2.00. The lowest BCUT2D eigenvalue weighted by molar-refractivity contribution is -0.135. The van der Waals surface area contributed by atoms with Gasteiger partial charge in [-0.25, -0.2) is 27.9 Å². The highest BCUT2D eigenvalue weighted by Crippen LogP contribution is 2.30. The molecule has 0 amide bonds. The SMILES string of the molecule is C=C(Oc1cc(-n2c(=O)n3n(c2=S)COCC3)c(F)cc1Cl)C(=O)O. The van der Waals surface area contributed by atoms with E-state index in [1.807, 2.05) is 0 Å². The number of carboxylic acid groups (broad SMARTS) is 1. The summed E-state index contributed by atoms with van der Waals surface area (Å²) in [6.07, 6.45) is 0. The van der Waals surface area contributed by atoms with Crippen molar-refractivity contribution in [2.45, 2.75) is 13.3 Å². The van der Waals surface area contributed by atoms with Gasteiger partial charge < -0.3 is 14.6 Å². The Balaban J connectivity index is 2.17. The molecule has 1 aliphatic rings. The monoisotopic (exact) mass is 387 g/mol. The van der Waals surface area contributed by atoms with Crippen LogP contribution in [0.2, 0.25) is 5.02 Å². The normalized spacial score (nSPS) is 13.4. The summed E-state index contributed by atoms with van der Waals surface area (Å²) >= 11 is 11.1. The molecule has 0 bridgehead atoms. The Morgan fingerprint density at radius 2 is 2.16 bits per heavy atom. The molecule has 2 aromatic rings. The largest absolute Gasteiger partial charge is 0.475 e. The fourth-order valence-electron chi connectivity index (χ4n) is 2.31. The Labute approximate surface area is 149 Å². The number of hydrogen-bond donors (Lipinski definition) is 1. The number of rotatable bonds is 4. The van der Waals surface area contributed by atoms with Gasteiger partial charge in [0, 0.05) is 6.07 Å². The molecule has 3 rings (SSSR count). The Hall–Kier alpha value is -2.43. The van der Waals surface area contributed by atoms with Crippen LogP contribution in [0.3, 0.4) is 0 Å². The summed E-state index contributed by atoms with van der Waals surface area (Å²) < 4.78 is 28.4. The molecule has 0 aliphatic carbocycles. The molecule has 0 spiro atoms. The molecule has 0 atom stereocenters. The molecule has 0 unspecified atom stereocenters. The molecule has 0 saturated carbocycles. The molecule has 0 radical (unpaired) electrons. The van der Waals surface area contributed by atoms with E-state index in [4.69, 9.17) is 38.4 Å². The fourth-order valence-corrected chi connectivity index (χ4v) is 2.83. The van der Waals surface area contributed by atoms with Crippen LogP contribution in [0.25, 0.3) is 5.69 Å². The van der Waals surface area contributed by atoms with Crippen LogP contribution in [-0.2, 0) is 22.8 Å². The number of hydrogen-bond acceptors (Lipinski definition) is 5. The van der Waals surface area contributed by atoms with Crippen molar-refractivity contribution < 1.29 is 23.8 Å². The van der Waals surface area contributed by atoms with E-state index in [2.05, 4.69) is 6.58 Å². The topological polar surface area (TPSA) is 87.6 Å². The number of aromatic nitrogens is 3. The smallest absolute Gasteiger partial charge is 0.371 e. The first-order chi connectivity index (χ1) is 11.8. The van der Waals surface area contributed by atoms with Crippen molar-refractivity contribution in [1.82, 2.24) is 13.9 Å². The van der Waals surface area contributed by atoms with Gasteiger partial charge in [-0.3, -0.25) is 0 Å². The van der Waals surface area contributed by atoms with E-state index in [0.717, 1.165) is 16.7 Å². The first-order valence-electron chi connectivity index (χ1n) is 6.91. The van der Waals surface area contributed by atoms with Crippen LogP contribution in [0, 0.1) is 10.6 Å². The van der Waals surface area contributed by atoms with E-state index in [0.29, 0.717) is 6.61 Å². The van der Waals surface area contributed by atoms with Crippen molar-refractivity contribution in [3.8, 4) is 11.4 Å². The predicted molar refractivity (Wildman–Crippen MR) is 87.2 cm³/mol. The second kappa shape index (κ2) is 6.47. The standard InChI is InChI=1S/C14H11ClFN3O5S/c1-7(12(20)21)24-11-5-10(9(16)4-8(11)15)19-13(22)17-2-3-23-6-18(17)14(19)25/h4-5H,1-3,6H2,(H,20,21). The van der Waals surface area contributed by atoms with Gasteiger partial charge >= 0.3 is 11.7 Å². The molecule has 132 valence electrons.